The van der Waals surface area contributed by atoms with Gasteiger partial charge in [-0.1, -0.05) is 41.9 Å². The van der Waals surface area contributed by atoms with E-state index in [1.54, 1.807) is 12.2 Å². The maximum atomic E-state index is 12.6. The molecule has 140 valence electrons. The van der Waals surface area contributed by atoms with E-state index in [0.29, 0.717) is 5.15 Å². The summed E-state index contributed by atoms with van der Waals surface area (Å²) in [6.07, 6.45) is 6.27. The first-order chi connectivity index (χ1) is 13.2. The standard InChI is InChI=1S/C20H21ClN4OS/c21-19-17(25-13-14-27-20(25)22-19)7-8-18(26)24-10-4-9-23(11-12-24)15-16-5-2-1-3-6-16/h1-3,5-8,13-14H,4,9-12,15H2/b8-7+. The summed E-state index contributed by atoms with van der Waals surface area (Å²) in [6.45, 7) is 4.34. The highest BCUT2D eigenvalue weighted by Gasteiger charge is 2.18. The molecule has 0 saturated carbocycles. The van der Waals surface area contributed by atoms with Gasteiger partial charge in [-0.15, -0.1) is 11.3 Å². The van der Waals surface area contributed by atoms with Gasteiger partial charge in [0.1, 0.15) is 0 Å². The highest BCUT2D eigenvalue weighted by molar-refractivity contribution is 7.15. The second-order valence-corrected chi connectivity index (χ2v) is 7.85. The van der Waals surface area contributed by atoms with Crippen molar-refractivity contribution in [2.24, 2.45) is 0 Å². The maximum Gasteiger partial charge on any atom is 0.246 e. The van der Waals surface area contributed by atoms with Gasteiger partial charge in [-0.05, 0) is 18.1 Å². The zero-order valence-electron chi connectivity index (χ0n) is 14.9. The van der Waals surface area contributed by atoms with E-state index in [1.165, 1.54) is 16.9 Å². The fourth-order valence-corrected chi connectivity index (χ4v) is 4.38. The summed E-state index contributed by atoms with van der Waals surface area (Å²) in [5, 5.41) is 2.38. The van der Waals surface area contributed by atoms with Crippen LogP contribution in [0.4, 0.5) is 0 Å². The zero-order valence-corrected chi connectivity index (χ0v) is 16.5. The SMILES string of the molecule is O=C(/C=C/c1c(Cl)nc2sccn12)N1CCCN(Cc2ccccc2)CC1. The van der Waals surface area contributed by atoms with Crippen LogP contribution < -0.4 is 0 Å². The second kappa shape index (κ2) is 8.25. The number of carbonyl (C=O) groups excluding carboxylic acids is 1. The lowest BCUT2D eigenvalue weighted by Gasteiger charge is -2.21. The summed E-state index contributed by atoms with van der Waals surface area (Å²) in [6, 6.07) is 10.5. The van der Waals surface area contributed by atoms with E-state index in [4.69, 9.17) is 11.6 Å². The molecule has 1 aliphatic rings. The van der Waals surface area contributed by atoms with Crippen LogP contribution in [0.5, 0.6) is 0 Å². The Morgan fingerprint density at radius 1 is 1.19 bits per heavy atom. The molecule has 0 aliphatic carbocycles. The molecule has 2 aromatic heterocycles. The Balaban J connectivity index is 1.38. The second-order valence-electron chi connectivity index (χ2n) is 6.62. The molecule has 4 rings (SSSR count). The Labute approximate surface area is 167 Å². The predicted molar refractivity (Wildman–Crippen MR) is 110 cm³/mol. The van der Waals surface area contributed by atoms with Crippen LogP contribution in [0.3, 0.4) is 0 Å². The van der Waals surface area contributed by atoms with Crippen molar-refractivity contribution in [3.05, 3.63) is 64.4 Å². The molecular weight excluding hydrogens is 380 g/mol. The Morgan fingerprint density at radius 3 is 2.89 bits per heavy atom. The van der Waals surface area contributed by atoms with Crippen LogP contribution in [0.2, 0.25) is 5.15 Å². The van der Waals surface area contributed by atoms with E-state index in [-0.39, 0.29) is 5.91 Å². The van der Waals surface area contributed by atoms with E-state index >= 15 is 0 Å². The molecule has 1 saturated heterocycles. The normalized spacial score (nSPS) is 16.3. The van der Waals surface area contributed by atoms with Gasteiger partial charge in [0, 0.05) is 50.4 Å². The van der Waals surface area contributed by atoms with Crippen molar-refractivity contribution in [2.45, 2.75) is 13.0 Å². The van der Waals surface area contributed by atoms with E-state index in [2.05, 4.69) is 34.1 Å². The summed E-state index contributed by atoms with van der Waals surface area (Å²) in [4.78, 5) is 22.1. The highest BCUT2D eigenvalue weighted by Crippen LogP contribution is 2.22. The van der Waals surface area contributed by atoms with Crippen LogP contribution in [0.15, 0.2) is 48.0 Å². The van der Waals surface area contributed by atoms with Gasteiger partial charge in [-0.25, -0.2) is 4.98 Å². The summed E-state index contributed by atoms with van der Waals surface area (Å²) >= 11 is 7.71. The van der Waals surface area contributed by atoms with Crippen molar-refractivity contribution in [3.8, 4) is 0 Å². The minimum Gasteiger partial charge on any atom is -0.338 e. The lowest BCUT2D eigenvalue weighted by Crippen LogP contribution is -2.34. The number of halogens is 1. The quantitative estimate of drug-likeness (QED) is 0.625. The molecule has 3 aromatic rings. The summed E-state index contributed by atoms with van der Waals surface area (Å²) < 4.78 is 1.90. The smallest absolute Gasteiger partial charge is 0.246 e. The lowest BCUT2D eigenvalue weighted by atomic mass is 10.2. The van der Waals surface area contributed by atoms with Crippen LogP contribution >= 0.6 is 22.9 Å². The molecular formula is C20H21ClN4OS. The minimum absolute atomic E-state index is 0.0257. The third-order valence-electron chi connectivity index (χ3n) is 4.79. The number of hydrogen-bond donors (Lipinski definition) is 0. The molecule has 0 radical (unpaired) electrons. The Morgan fingerprint density at radius 2 is 2.04 bits per heavy atom. The summed E-state index contributed by atoms with van der Waals surface area (Å²) in [5.74, 6) is 0.0257. The van der Waals surface area contributed by atoms with Crippen LogP contribution in [-0.4, -0.2) is 51.3 Å². The molecule has 1 aromatic carbocycles. The highest BCUT2D eigenvalue weighted by atomic mass is 35.5. The van der Waals surface area contributed by atoms with Crippen LogP contribution in [-0.2, 0) is 11.3 Å². The van der Waals surface area contributed by atoms with Gasteiger partial charge in [0.05, 0.1) is 5.69 Å². The lowest BCUT2D eigenvalue weighted by molar-refractivity contribution is -0.125. The molecule has 5 nitrogen and oxygen atoms in total. The average molecular weight is 401 g/mol. The fourth-order valence-electron chi connectivity index (χ4n) is 3.37. The number of imidazole rings is 1. The molecule has 1 fully saturated rings. The Hall–Kier alpha value is -2.15. The largest absolute Gasteiger partial charge is 0.338 e. The van der Waals surface area contributed by atoms with E-state index in [0.717, 1.165) is 49.8 Å². The van der Waals surface area contributed by atoms with Crippen molar-refractivity contribution in [1.29, 1.82) is 0 Å². The molecule has 0 atom stereocenters. The first-order valence-electron chi connectivity index (χ1n) is 9.05. The average Bonchev–Trinajstić information content (AvgIpc) is 3.14. The summed E-state index contributed by atoms with van der Waals surface area (Å²) in [5.41, 5.74) is 2.06. The Kier molecular flexibility index (Phi) is 5.57. The van der Waals surface area contributed by atoms with Crippen molar-refractivity contribution in [2.75, 3.05) is 26.2 Å². The molecule has 0 spiro atoms. The monoisotopic (exact) mass is 400 g/mol. The van der Waals surface area contributed by atoms with Gasteiger partial charge in [0.2, 0.25) is 5.91 Å². The third-order valence-corrected chi connectivity index (χ3v) is 5.82. The molecule has 0 unspecified atom stereocenters. The van der Waals surface area contributed by atoms with Crippen LogP contribution in [0.25, 0.3) is 11.0 Å². The van der Waals surface area contributed by atoms with E-state index in [1.807, 2.05) is 26.9 Å². The first kappa shape index (κ1) is 18.2. The van der Waals surface area contributed by atoms with Crippen LogP contribution in [0, 0.1) is 0 Å². The third kappa shape index (κ3) is 4.24. The van der Waals surface area contributed by atoms with Crippen molar-refractivity contribution in [1.82, 2.24) is 19.2 Å². The van der Waals surface area contributed by atoms with Crippen LogP contribution in [0.1, 0.15) is 17.7 Å². The number of benzene rings is 1. The molecule has 27 heavy (non-hydrogen) atoms. The molecule has 1 aliphatic heterocycles. The number of carbonyl (C=O) groups is 1. The zero-order chi connectivity index (χ0) is 18.6. The summed E-state index contributed by atoms with van der Waals surface area (Å²) in [7, 11) is 0. The van der Waals surface area contributed by atoms with E-state index in [9.17, 15) is 4.79 Å². The predicted octanol–water partition coefficient (Wildman–Crippen LogP) is 3.80. The number of hydrogen-bond acceptors (Lipinski definition) is 4. The fraction of sp³-hybridized carbons (Fsp3) is 0.300. The van der Waals surface area contributed by atoms with Gasteiger partial charge >= 0.3 is 0 Å². The van der Waals surface area contributed by atoms with Gasteiger partial charge < -0.3 is 4.90 Å². The molecule has 3 heterocycles. The Bertz CT molecular complexity index is 949. The molecule has 1 amide bonds. The van der Waals surface area contributed by atoms with Crippen molar-refractivity contribution in [3.63, 3.8) is 0 Å². The van der Waals surface area contributed by atoms with Crippen molar-refractivity contribution < 1.29 is 4.79 Å². The van der Waals surface area contributed by atoms with Gasteiger partial charge in [0.15, 0.2) is 10.1 Å². The van der Waals surface area contributed by atoms with E-state index < -0.39 is 0 Å². The first-order valence-corrected chi connectivity index (χ1v) is 10.3. The number of amides is 1. The minimum atomic E-state index is 0.0257. The molecule has 0 bridgehead atoms. The molecule has 7 heteroatoms. The molecule has 0 N–H and O–H groups in total. The van der Waals surface area contributed by atoms with Crippen molar-refractivity contribution >= 4 is 39.9 Å². The maximum absolute atomic E-state index is 12.6. The van der Waals surface area contributed by atoms with Gasteiger partial charge in [0.25, 0.3) is 0 Å². The number of rotatable bonds is 4. The number of fused-ring (bicyclic) bond motifs is 1. The topological polar surface area (TPSA) is 40.9 Å². The number of nitrogens with zero attached hydrogens (tertiary/aromatic N) is 4. The number of thiazole rings is 1. The van der Waals surface area contributed by atoms with Gasteiger partial charge in [-0.2, -0.15) is 0 Å². The van der Waals surface area contributed by atoms with Gasteiger partial charge in [-0.3, -0.25) is 14.1 Å². The number of aromatic nitrogens is 2.